The summed E-state index contributed by atoms with van der Waals surface area (Å²) in [6.45, 7) is 8.54. The van der Waals surface area contributed by atoms with Crippen LogP contribution in [0.2, 0.25) is 0 Å². The van der Waals surface area contributed by atoms with Gasteiger partial charge in [-0.3, -0.25) is 4.90 Å². The molecule has 0 aromatic rings. The lowest BCUT2D eigenvalue weighted by molar-refractivity contribution is -0.193. The largest absolute Gasteiger partial charge is 0.347 e. The molecule has 0 bridgehead atoms. The second-order valence-corrected chi connectivity index (χ2v) is 5.84. The van der Waals surface area contributed by atoms with Gasteiger partial charge in [0, 0.05) is 31.5 Å². The van der Waals surface area contributed by atoms with Crippen LogP contribution in [0.3, 0.4) is 0 Å². The summed E-state index contributed by atoms with van der Waals surface area (Å²) >= 11 is 0. The SMILES string of the molecule is CC1(N2CCC3(CC2)OCCO3)CCNCC1. The second kappa shape index (κ2) is 4.50. The fourth-order valence-electron chi connectivity index (χ4n) is 3.45. The quantitative estimate of drug-likeness (QED) is 0.740. The van der Waals surface area contributed by atoms with Gasteiger partial charge in [0.05, 0.1) is 13.2 Å². The first kappa shape index (κ1) is 11.9. The third kappa shape index (κ3) is 2.24. The van der Waals surface area contributed by atoms with Crippen molar-refractivity contribution in [1.29, 1.82) is 0 Å². The third-order valence-electron chi connectivity index (χ3n) is 4.78. The van der Waals surface area contributed by atoms with E-state index in [4.69, 9.17) is 9.47 Å². The van der Waals surface area contributed by atoms with E-state index in [9.17, 15) is 0 Å². The number of nitrogens with one attached hydrogen (secondary N) is 1. The number of nitrogens with zero attached hydrogens (tertiary/aromatic N) is 1. The van der Waals surface area contributed by atoms with Crippen molar-refractivity contribution in [1.82, 2.24) is 10.2 Å². The average Bonchev–Trinajstić information content (AvgIpc) is 2.79. The van der Waals surface area contributed by atoms with Crippen LogP contribution in [0.15, 0.2) is 0 Å². The Morgan fingerprint density at radius 2 is 1.53 bits per heavy atom. The van der Waals surface area contributed by atoms with Crippen LogP contribution in [0.1, 0.15) is 32.6 Å². The van der Waals surface area contributed by atoms with E-state index < -0.39 is 0 Å². The van der Waals surface area contributed by atoms with Crippen molar-refractivity contribution in [3.8, 4) is 0 Å². The van der Waals surface area contributed by atoms with Gasteiger partial charge >= 0.3 is 0 Å². The minimum absolute atomic E-state index is 0.222. The number of likely N-dealkylation sites (tertiary alicyclic amines) is 1. The molecule has 1 spiro atoms. The van der Waals surface area contributed by atoms with E-state index in [2.05, 4.69) is 17.1 Å². The number of piperidine rings is 2. The second-order valence-electron chi connectivity index (χ2n) is 5.84. The molecule has 3 rings (SSSR count). The zero-order valence-electron chi connectivity index (χ0n) is 10.8. The summed E-state index contributed by atoms with van der Waals surface area (Å²) in [7, 11) is 0. The maximum absolute atomic E-state index is 5.79. The smallest absolute Gasteiger partial charge is 0.170 e. The van der Waals surface area contributed by atoms with Crippen LogP contribution in [0.25, 0.3) is 0 Å². The first-order chi connectivity index (χ1) is 8.23. The number of ether oxygens (including phenoxy) is 2. The predicted octanol–water partition coefficient (Wildman–Crippen LogP) is 0.967. The normalized spacial score (nSPS) is 33.0. The minimum Gasteiger partial charge on any atom is -0.347 e. The molecule has 4 heteroatoms. The highest BCUT2D eigenvalue weighted by atomic mass is 16.7. The van der Waals surface area contributed by atoms with E-state index in [0.29, 0.717) is 5.54 Å². The topological polar surface area (TPSA) is 33.7 Å². The van der Waals surface area contributed by atoms with Crippen molar-refractivity contribution in [3.63, 3.8) is 0 Å². The zero-order valence-corrected chi connectivity index (χ0v) is 10.8. The Morgan fingerprint density at radius 1 is 0.941 bits per heavy atom. The summed E-state index contributed by atoms with van der Waals surface area (Å²) in [5.41, 5.74) is 0.394. The van der Waals surface area contributed by atoms with Crippen molar-refractivity contribution in [3.05, 3.63) is 0 Å². The molecular formula is C13H24N2O2. The summed E-state index contributed by atoms with van der Waals surface area (Å²) in [6, 6.07) is 0. The van der Waals surface area contributed by atoms with E-state index in [-0.39, 0.29) is 5.79 Å². The summed E-state index contributed by atoms with van der Waals surface area (Å²) in [4.78, 5) is 2.66. The Kier molecular flexibility index (Phi) is 3.15. The maximum atomic E-state index is 5.79. The highest BCUT2D eigenvalue weighted by Crippen LogP contribution is 2.36. The van der Waals surface area contributed by atoms with Gasteiger partial charge in [-0.05, 0) is 32.9 Å². The molecule has 0 aromatic heterocycles. The van der Waals surface area contributed by atoms with Gasteiger partial charge in [0.2, 0.25) is 0 Å². The first-order valence-corrected chi connectivity index (χ1v) is 6.96. The van der Waals surface area contributed by atoms with Gasteiger partial charge in [-0.2, -0.15) is 0 Å². The standard InChI is InChI=1S/C13H24N2O2/c1-12(2-6-14-7-3-12)15-8-4-13(5-9-15)16-10-11-17-13/h14H,2-11H2,1H3. The molecule has 0 atom stereocenters. The van der Waals surface area contributed by atoms with Crippen molar-refractivity contribution in [2.24, 2.45) is 0 Å². The van der Waals surface area contributed by atoms with Crippen LogP contribution in [-0.4, -0.2) is 55.6 Å². The van der Waals surface area contributed by atoms with Crippen LogP contribution in [-0.2, 0) is 9.47 Å². The third-order valence-corrected chi connectivity index (χ3v) is 4.78. The van der Waals surface area contributed by atoms with Crippen molar-refractivity contribution in [2.75, 3.05) is 39.4 Å². The summed E-state index contributed by atoms with van der Waals surface area (Å²) in [5.74, 6) is -0.222. The minimum atomic E-state index is -0.222. The molecule has 3 saturated heterocycles. The molecule has 3 aliphatic rings. The Bertz CT molecular complexity index is 261. The predicted molar refractivity (Wildman–Crippen MR) is 66.0 cm³/mol. The van der Waals surface area contributed by atoms with E-state index in [1.807, 2.05) is 0 Å². The summed E-state index contributed by atoms with van der Waals surface area (Å²) in [6.07, 6.45) is 4.61. The lowest BCUT2D eigenvalue weighted by Gasteiger charge is -2.48. The highest BCUT2D eigenvalue weighted by molar-refractivity contribution is 4.94. The number of rotatable bonds is 1. The maximum Gasteiger partial charge on any atom is 0.170 e. The Balaban J connectivity index is 1.60. The van der Waals surface area contributed by atoms with Crippen molar-refractivity contribution >= 4 is 0 Å². The van der Waals surface area contributed by atoms with Gasteiger partial charge in [-0.25, -0.2) is 0 Å². The molecule has 17 heavy (non-hydrogen) atoms. The summed E-state index contributed by atoms with van der Waals surface area (Å²) < 4.78 is 11.6. The van der Waals surface area contributed by atoms with Gasteiger partial charge in [0.25, 0.3) is 0 Å². The molecule has 0 amide bonds. The zero-order chi connectivity index (χ0) is 11.8. The van der Waals surface area contributed by atoms with Crippen LogP contribution in [0.5, 0.6) is 0 Å². The molecule has 1 N–H and O–H groups in total. The van der Waals surface area contributed by atoms with E-state index in [1.54, 1.807) is 0 Å². The number of hydrogen-bond donors (Lipinski definition) is 1. The molecule has 0 unspecified atom stereocenters. The average molecular weight is 240 g/mol. The Hall–Kier alpha value is -0.160. The molecule has 0 radical (unpaired) electrons. The molecule has 0 aromatic carbocycles. The Morgan fingerprint density at radius 3 is 2.12 bits per heavy atom. The van der Waals surface area contributed by atoms with Gasteiger partial charge in [0.1, 0.15) is 0 Å². The van der Waals surface area contributed by atoms with Crippen LogP contribution < -0.4 is 5.32 Å². The van der Waals surface area contributed by atoms with E-state index in [0.717, 1.165) is 52.2 Å². The fourth-order valence-corrected chi connectivity index (χ4v) is 3.45. The lowest BCUT2D eigenvalue weighted by atomic mass is 9.86. The Labute approximate surface area is 104 Å². The van der Waals surface area contributed by atoms with Crippen LogP contribution in [0.4, 0.5) is 0 Å². The van der Waals surface area contributed by atoms with Crippen LogP contribution >= 0.6 is 0 Å². The number of hydrogen-bond acceptors (Lipinski definition) is 4. The highest BCUT2D eigenvalue weighted by Gasteiger charge is 2.44. The molecular weight excluding hydrogens is 216 g/mol. The van der Waals surface area contributed by atoms with Gasteiger partial charge in [0.15, 0.2) is 5.79 Å². The van der Waals surface area contributed by atoms with Crippen molar-refractivity contribution in [2.45, 2.75) is 43.9 Å². The molecule has 0 saturated carbocycles. The molecule has 3 heterocycles. The molecule has 4 nitrogen and oxygen atoms in total. The first-order valence-electron chi connectivity index (χ1n) is 6.96. The monoisotopic (exact) mass is 240 g/mol. The molecule has 98 valence electrons. The van der Waals surface area contributed by atoms with Crippen molar-refractivity contribution < 1.29 is 9.47 Å². The van der Waals surface area contributed by atoms with E-state index in [1.165, 1.54) is 12.8 Å². The van der Waals surface area contributed by atoms with Gasteiger partial charge in [-0.15, -0.1) is 0 Å². The summed E-state index contributed by atoms with van der Waals surface area (Å²) in [5, 5.41) is 3.45. The van der Waals surface area contributed by atoms with Crippen LogP contribution in [0, 0.1) is 0 Å². The van der Waals surface area contributed by atoms with Gasteiger partial charge < -0.3 is 14.8 Å². The van der Waals surface area contributed by atoms with E-state index >= 15 is 0 Å². The molecule has 0 aliphatic carbocycles. The fraction of sp³-hybridized carbons (Fsp3) is 1.00. The molecule has 3 fully saturated rings. The lowest BCUT2D eigenvalue weighted by Crippen LogP contribution is -2.57. The molecule has 3 aliphatic heterocycles. The van der Waals surface area contributed by atoms with Gasteiger partial charge in [-0.1, -0.05) is 0 Å².